The highest BCUT2D eigenvalue weighted by Crippen LogP contribution is 2.33. The van der Waals surface area contributed by atoms with E-state index in [1.54, 1.807) is 0 Å². The van der Waals surface area contributed by atoms with Gasteiger partial charge < -0.3 is 10.1 Å². The maximum atomic E-state index is 11.5. The SMILES string of the molecule is COC(=O)[C@@H](NC(C)CC1CC1)C(C)C. The van der Waals surface area contributed by atoms with Crippen LogP contribution in [0, 0.1) is 11.8 Å². The number of ether oxygens (including phenoxy) is 1. The van der Waals surface area contributed by atoms with E-state index in [0.29, 0.717) is 6.04 Å². The zero-order valence-electron chi connectivity index (χ0n) is 10.2. The number of hydrogen-bond donors (Lipinski definition) is 1. The third kappa shape index (κ3) is 4.20. The first-order chi connectivity index (χ1) is 7.04. The summed E-state index contributed by atoms with van der Waals surface area (Å²) >= 11 is 0. The Morgan fingerprint density at radius 1 is 1.40 bits per heavy atom. The molecule has 0 radical (unpaired) electrons. The Hall–Kier alpha value is -0.570. The number of hydrogen-bond acceptors (Lipinski definition) is 3. The van der Waals surface area contributed by atoms with Crippen LogP contribution in [0.2, 0.25) is 0 Å². The van der Waals surface area contributed by atoms with Gasteiger partial charge in [-0.15, -0.1) is 0 Å². The number of nitrogens with one attached hydrogen (secondary N) is 1. The largest absolute Gasteiger partial charge is 0.468 e. The zero-order chi connectivity index (χ0) is 11.4. The molecule has 2 atom stereocenters. The van der Waals surface area contributed by atoms with Crippen LogP contribution in [0.15, 0.2) is 0 Å². The van der Waals surface area contributed by atoms with Crippen molar-refractivity contribution >= 4 is 5.97 Å². The summed E-state index contributed by atoms with van der Waals surface area (Å²) in [6.07, 6.45) is 3.90. The van der Waals surface area contributed by atoms with Crippen molar-refractivity contribution in [3.8, 4) is 0 Å². The van der Waals surface area contributed by atoms with Crippen LogP contribution in [-0.4, -0.2) is 25.2 Å². The molecule has 0 aromatic heterocycles. The van der Waals surface area contributed by atoms with E-state index >= 15 is 0 Å². The van der Waals surface area contributed by atoms with Crippen LogP contribution in [-0.2, 0) is 9.53 Å². The molecule has 3 heteroatoms. The van der Waals surface area contributed by atoms with Crippen LogP contribution in [0.25, 0.3) is 0 Å². The van der Waals surface area contributed by atoms with Crippen molar-refractivity contribution in [1.82, 2.24) is 5.32 Å². The topological polar surface area (TPSA) is 38.3 Å². The van der Waals surface area contributed by atoms with Gasteiger partial charge in [0.1, 0.15) is 6.04 Å². The minimum absolute atomic E-state index is 0.146. The van der Waals surface area contributed by atoms with E-state index in [0.717, 1.165) is 5.92 Å². The second-order valence-electron chi connectivity index (χ2n) is 4.99. The van der Waals surface area contributed by atoms with Crippen LogP contribution >= 0.6 is 0 Å². The quantitative estimate of drug-likeness (QED) is 0.685. The second-order valence-corrected chi connectivity index (χ2v) is 4.99. The van der Waals surface area contributed by atoms with Gasteiger partial charge >= 0.3 is 5.97 Å². The van der Waals surface area contributed by atoms with Gasteiger partial charge in [0.2, 0.25) is 0 Å². The molecule has 0 bridgehead atoms. The molecule has 1 unspecified atom stereocenters. The van der Waals surface area contributed by atoms with Crippen molar-refractivity contribution in [1.29, 1.82) is 0 Å². The normalized spacial score (nSPS) is 20.1. The molecule has 0 aliphatic heterocycles. The molecule has 1 fully saturated rings. The fourth-order valence-corrected chi connectivity index (χ4v) is 1.89. The summed E-state index contributed by atoms with van der Waals surface area (Å²) in [7, 11) is 1.45. The molecule has 0 aromatic rings. The summed E-state index contributed by atoms with van der Waals surface area (Å²) < 4.78 is 4.79. The van der Waals surface area contributed by atoms with E-state index in [4.69, 9.17) is 4.74 Å². The average molecular weight is 213 g/mol. The summed E-state index contributed by atoms with van der Waals surface area (Å²) in [6, 6.07) is 0.243. The Labute approximate surface area is 92.6 Å². The van der Waals surface area contributed by atoms with Gasteiger partial charge in [0.15, 0.2) is 0 Å². The molecule has 3 nitrogen and oxygen atoms in total. The molecule has 0 spiro atoms. The lowest BCUT2D eigenvalue weighted by atomic mass is 10.0. The summed E-state index contributed by atoms with van der Waals surface area (Å²) in [5.41, 5.74) is 0. The van der Waals surface area contributed by atoms with Gasteiger partial charge in [0.25, 0.3) is 0 Å². The molecule has 1 N–H and O–H groups in total. The van der Waals surface area contributed by atoms with Gasteiger partial charge in [-0.05, 0) is 25.2 Å². The fraction of sp³-hybridized carbons (Fsp3) is 0.917. The lowest BCUT2D eigenvalue weighted by Crippen LogP contribution is -2.46. The van der Waals surface area contributed by atoms with Gasteiger partial charge in [-0.25, -0.2) is 0 Å². The predicted molar refractivity (Wildman–Crippen MR) is 60.6 cm³/mol. The fourth-order valence-electron chi connectivity index (χ4n) is 1.89. The monoisotopic (exact) mass is 213 g/mol. The molecule has 0 amide bonds. The minimum atomic E-state index is -0.163. The maximum Gasteiger partial charge on any atom is 0.323 e. The van der Waals surface area contributed by atoms with Crippen LogP contribution in [0.3, 0.4) is 0 Å². The van der Waals surface area contributed by atoms with Crippen LogP contribution in [0.5, 0.6) is 0 Å². The van der Waals surface area contributed by atoms with E-state index in [1.807, 2.05) is 13.8 Å². The van der Waals surface area contributed by atoms with Crippen LogP contribution in [0.1, 0.15) is 40.0 Å². The molecule has 1 aliphatic rings. The molecular formula is C12H23NO2. The highest BCUT2D eigenvalue weighted by molar-refractivity contribution is 5.75. The number of esters is 1. The lowest BCUT2D eigenvalue weighted by molar-refractivity contribution is -0.144. The highest BCUT2D eigenvalue weighted by atomic mass is 16.5. The summed E-state index contributed by atoms with van der Waals surface area (Å²) in [6.45, 7) is 6.23. The minimum Gasteiger partial charge on any atom is -0.468 e. The summed E-state index contributed by atoms with van der Waals surface area (Å²) in [5.74, 6) is 1.02. The van der Waals surface area contributed by atoms with Crippen molar-refractivity contribution in [2.45, 2.75) is 52.1 Å². The third-order valence-electron chi connectivity index (χ3n) is 2.97. The molecule has 1 rings (SSSR count). The molecule has 0 aromatic carbocycles. The molecule has 15 heavy (non-hydrogen) atoms. The van der Waals surface area contributed by atoms with E-state index in [1.165, 1.54) is 26.4 Å². The Balaban J connectivity index is 2.38. The second kappa shape index (κ2) is 5.50. The van der Waals surface area contributed by atoms with Crippen molar-refractivity contribution in [3.05, 3.63) is 0 Å². The van der Waals surface area contributed by atoms with Gasteiger partial charge in [0, 0.05) is 6.04 Å². The number of rotatable bonds is 6. The van der Waals surface area contributed by atoms with E-state index in [2.05, 4.69) is 12.2 Å². The Bertz CT molecular complexity index is 212. The molecule has 0 saturated heterocycles. The van der Waals surface area contributed by atoms with Crippen molar-refractivity contribution in [2.75, 3.05) is 7.11 Å². The Morgan fingerprint density at radius 2 is 2.00 bits per heavy atom. The van der Waals surface area contributed by atoms with Crippen molar-refractivity contribution < 1.29 is 9.53 Å². The van der Waals surface area contributed by atoms with Crippen molar-refractivity contribution in [3.63, 3.8) is 0 Å². The molecular weight excluding hydrogens is 190 g/mol. The lowest BCUT2D eigenvalue weighted by Gasteiger charge is -2.24. The van der Waals surface area contributed by atoms with Gasteiger partial charge in [-0.2, -0.15) is 0 Å². The van der Waals surface area contributed by atoms with E-state index in [9.17, 15) is 4.79 Å². The molecule has 0 heterocycles. The average Bonchev–Trinajstić information content (AvgIpc) is 2.96. The van der Waals surface area contributed by atoms with Crippen LogP contribution in [0.4, 0.5) is 0 Å². The third-order valence-corrected chi connectivity index (χ3v) is 2.97. The number of methoxy groups -OCH3 is 1. The van der Waals surface area contributed by atoms with E-state index in [-0.39, 0.29) is 17.9 Å². The van der Waals surface area contributed by atoms with Gasteiger partial charge in [0.05, 0.1) is 7.11 Å². The molecule has 1 aliphatic carbocycles. The van der Waals surface area contributed by atoms with Crippen LogP contribution < -0.4 is 5.32 Å². The summed E-state index contributed by atoms with van der Waals surface area (Å²) in [5, 5.41) is 3.36. The van der Waals surface area contributed by atoms with Crippen molar-refractivity contribution in [2.24, 2.45) is 11.8 Å². The summed E-state index contributed by atoms with van der Waals surface area (Å²) in [4.78, 5) is 11.5. The first-order valence-corrected chi connectivity index (χ1v) is 5.88. The highest BCUT2D eigenvalue weighted by Gasteiger charge is 2.28. The smallest absolute Gasteiger partial charge is 0.323 e. The van der Waals surface area contributed by atoms with Gasteiger partial charge in [-0.1, -0.05) is 26.7 Å². The Kier molecular flexibility index (Phi) is 4.58. The first kappa shape index (κ1) is 12.5. The molecule has 1 saturated carbocycles. The first-order valence-electron chi connectivity index (χ1n) is 5.88. The predicted octanol–water partition coefficient (Wildman–Crippen LogP) is 1.96. The standard InChI is InChI=1S/C12H23NO2/c1-8(2)11(12(14)15-4)13-9(3)7-10-5-6-10/h8-11,13H,5-7H2,1-4H3/t9?,11-/m0/s1. The number of carbonyl (C=O) groups excluding carboxylic acids is 1. The molecule has 88 valence electrons. The maximum absolute atomic E-state index is 11.5. The van der Waals surface area contributed by atoms with E-state index < -0.39 is 0 Å². The Morgan fingerprint density at radius 3 is 2.40 bits per heavy atom. The zero-order valence-corrected chi connectivity index (χ0v) is 10.2. The van der Waals surface area contributed by atoms with Gasteiger partial charge in [-0.3, -0.25) is 4.79 Å². The number of carbonyl (C=O) groups is 1.